The van der Waals surface area contributed by atoms with Crippen LogP contribution in [0.15, 0.2) is 24.3 Å². The number of hydrogen-bond acceptors (Lipinski definition) is 3. The average Bonchev–Trinajstić information content (AvgIpc) is 2.41. The number of alkyl halides is 3. The topological polar surface area (TPSA) is 51.2 Å². The maximum atomic E-state index is 12.6. The minimum atomic E-state index is -4.54. The molecule has 118 valence electrons. The first kappa shape index (κ1) is 16.4. The molecule has 0 aliphatic heterocycles. The van der Waals surface area contributed by atoms with E-state index in [0.29, 0.717) is 0 Å². The van der Waals surface area contributed by atoms with Crippen LogP contribution in [0.5, 0.6) is 0 Å². The van der Waals surface area contributed by atoms with E-state index >= 15 is 0 Å². The van der Waals surface area contributed by atoms with E-state index in [1.807, 2.05) is 0 Å². The zero-order valence-electron chi connectivity index (χ0n) is 11.9. The highest BCUT2D eigenvalue weighted by Gasteiger charge is 2.36. The standard InChI is InChI=1S/C16H15F3O3/c1-9-5-14(21)12(15(22)6-9)8-13(20)10-3-2-4-11(7-10)16(17,18)19/h2-4,7,9,12H,5-6,8H2,1H3. The summed E-state index contributed by atoms with van der Waals surface area (Å²) in [7, 11) is 0. The fourth-order valence-electron chi connectivity index (χ4n) is 2.62. The fourth-order valence-corrected chi connectivity index (χ4v) is 2.62. The molecule has 1 aliphatic carbocycles. The molecular weight excluding hydrogens is 297 g/mol. The van der Waals surface area contributed by atoms with Crippen LogP contribution in [0.25, 0.3) is 0 Å². The molecule has 0 aromatic heterocycles. The number of rotatable bonds is 3. The van der Waals surface area contributed by atoms with Crippen molar-refractivity contribution in [1.82, 2.24) is 0 Å². The number of Topliss-reactive ketones (excluding diaryl/α,β-unsaturated/α-hetero) is 3. The lowest BCUT2D eigenvalue weighted by Gasteiger charge is -2.23. The monoisotopic (exact) mass is 312 g/mol. The second-order valence-corrected chi connectivity index (χ2v) is 5.70. The van der Waals surface area contributed by atoms with Crippen LogP contribution in [0.3, 0.4) is 0 Å². The molecule has 0 spiro atoms. The van der Waals surface area contributed by atoms with Gasteiger partial charge in [-0.25, -0.2) is 0 Å². The van der Waals surface area contributed by atoms with E-state index in [1.54, 1.807) is 6.92 Å². The first-order valence-corrected chi connectivity index (χ1v) is 6.94. The summed E-state index contributed by atoms with van der Waals surface area (Å²) in [5.41, 5.74) is -1.05. The Hall–Kier alpha value is -1.98. The maximum absolute atomic E-state index is 12.6. The minimum absolute atomic E-state index is 0.0418. The van der Waals surface area contributed by atoms with E-state index in [-0.39, 0.29) is 42.3 Å². The number of benzene rings is 1. The van der Waals surface area contributed by atoms with Crippen molar-refractivity contribution >= 4 is 17.3 Å². The Morgan fingerprint density at radius 1 is 1.18 bits per heavy atom. The Kier molecular flexibility index (Phi) is 4.49. The molecular formula is C16H15F3O3. The highest BCUT2D eigenvalue weighted by atomic mass is 19.4. The molecule has 22 heavy (non-hydrogen) atoms. The van der Waals surface area contributed by atoms with Gasteiger partial charge in [-0.3, -0.25) is 14.4 Å². The van der Waals surface area contributed by atoms with Crippen LogP contribution < -0.4 is 0 Å². The summed E-state index contributed by atoms with van der Waals surface area (Å²) in [6.07, 6.45) is -4.44. The highest BCUT2D eigenvalue weighted by molar-refractivity contribution is 6.09. The summed E-state index contributed by atoms with van der Waals surface area (Å²) < 4.78 is 37.9. The van der Waals surface area contributed by atoms with Crippen LogP contribution in [0.2, 0.25) is 0 Å². The molecule has 0 radical (unpaired) electrons. The molecule has 1 fully saturated rings. The van der Waals surface area contributed by atoms with Gasteiger partial charge in [-0.2, -0.15) is 13.2 Å². The SMILES string of the molecule is CC1CC(=O)C(CC(=O)c2cccc(C(F)(F)F)c2)C(=O)C1. The van der Waals surface area contributed by atoms with Crippen LogP contribution in [-0.4, -0.2) is 17.3 Å². The van der Waals surface area contributed by atoms with Crippen molar-refractivity contribution in [2.24, 2.45) is 11.8 Å². The Labute approximate surface area is 125 Å². The lowest BCUT2D eigenvalue weighted by atomic mass is 9.78. The van der Waals surface area contributed by atoms with Crippen molar-refractivity contribution in [2.75, 3.05) is 0 Å². The van der Waals surface area contributed by atoms with E-state index in [9.17, 15) is 27.6 Å². The third kappa shape index (κ3) is 3.61. The smallest absolute Gasteiger partial charge is 0.299 e. The third-order valence-electron chi connectivity index (χ3n) is 3.78. The van der Waals surface area contributed by atoms with Crippen molar-refractivity contribution in [3.05, 3.63) is 35.4 Å². The van der Waals surface area contributed by atoms with Gasteiger partial charge in [0.05, 0.1) is 11.5 Å². The van der Waals surface area contributed by atoms with E-state index < -0.39 is 23.4 Å². The first-order chi connectivity index (χ1) is 10.2. The molecule has 1 aromatic carbocycles. The van der Waals surface area contributed by atoms with Crippen LogP contribution in [0.1, 0.15) is 42.1 Å². The zero-order chi connectivity index (χ0) is 16.5. The Morgan fingerprint density at radius 2 is 1.77 bits per heavy atom. The second kappa shape index (κ2) is 6.02. The van der Waals surface area contributed by atoms with Crippen LogP contribution in [0, 0.1) is 11.8 Å². The molecule has 0 amide bonds. The van der Waals surface area contributed by atoms with Gasteiger partial charge >= 0.3 is 6.18 Å². The first-order valence-electron chi connectivity index (χ1n) is 6.94. The van der Waals surface area contributed by atoms with Crippen molar-refractivity contribution < 1.29 is 27.6 Å². The number of ketones is 3. The van der Waals surface area contributed by atoms with E-state index in [1.165, 1.54) is 6.07 Å². The summed E-state index contributed by atoms with van der Waals surface area (Å²) in [4.78, 5) is 35.8. The lowest BCUT2D eigenvalue weighted by Crippen LogP contribution is -2.34. The second-order valence-electron chi connectivity index (χ2n) is 5.70. The lowest BCUT2D eigenvalue weighted by molar-refractivity contribution is -0.138. The van der Waals surface area contributed by atoms with Crippen LogP contribution >= 0.6 is 0 Å². The number of carbonyl (C=O) groups is 3. The minimum Gasteiger partial charge on any atom is -0.299 e. The summed E-state index contributed by atoms with van der Waals surface area (Å²) in [5, 5.41) is 0. The average molecular weight is 312 g/mol. The molecule has 1 saturated carbocycles. The fraction of sp³-hybridized carbons (Fsp3) is 0.438. The molecule has 3 nitrogen and oxygen atoms in total. The molecule has 0 heterocycles. The number of carbonyl (C=O) groups excluding carboxylic acids is 3. The maximum Gasteiger partial charge on any atom is 0.416 e. The normalized spacial score (nSPS) is 22.7. The van der Waals surface area contributed by atoms with Gasteiger partial charge in [0.1, 0.15) is 11.6 Å². The Bertz CT molecular complexity index is 601. The molecule has 0 N–H and O–H groups in total. The predicted octanol–water partition coefficient (Wildman–Crippen LogP) is 3.46. The van der Waals surface area contributed by atoms with E-state index in [2.05, 4.69) is 0 Å². The van der Waals surface area contributed by atoms with Crippen molar-refractivity contribution in [3.8, 4) is 0 Å². The number of halogens is 3. The van der Waals surface area contributed by atoms with Crippen molar-refractivity contribution in [2.45, 2.75) is 32.4 Å². The van der Waals surface area contributed by atoms with Crippen molar-refractivity contribution in [1.29, 1.82) is 0 Å². The predicted molar refractivity (Wildman–Crippen MR) is 72.3 cm³/mol. The zero-order valence-corrected chi connectivity index (χ0v) is 11.9. The summed E-state index contributed by atoms with van der Waals surface area (Å²) in [6.45, 7) is 1.78. The van der Waals surface area contributed by atoms with Gasteiger partial charge in [0.25, 0.3) is 0 Å². The van der Waals surface area contributed by atoms with Gasteiger partial charge in [-0.15, -0.1) is 0 Å². The third-order valence-corrected chi connectivity index (χ3v) is 3.78. The molecule has 0 atom stereocenters. The summed E-state index contributed by atoms with van der Waals surface area (Å²) in [6, 6.07) is 4.03. The van der Waals surface area contributed by atoms with E-state index in [0.717, 1.165) is 18.2 Å². The number of hydrogen-bond donors (Lipinski definition) is 0. The van der Waals surface area contributed by atoms with Gasteiger partial charge in [-0.1, -0.05) is 19.1 Å². The molecule has 1 aromatic rings. The summed E-state index contributed by atoms with van der Waals surface area (Å²) >= 11 is 0. The molecule has 6 heteroatoms. The van der Waals surface area contributed by atoms with E-state index in [4.69, 9.17) is 0 Å². The van der Waals surface area contributed by atoms with Gasteiger partial charge in [0.2, 0.25) is 0 Å². The molecule has 2 rings (SSSR count). The van der Waals surface area contributed by atoms with Gasteiger partial charge in [-0.05, 0) is 18.1 Å². The molecule has 1 aliphatic rings. The van der Waals surface area contributed by atoms with Gasteiger partial charge in [0, 0.05) is 24.8 Å². The Balaban J connectivity index is 2.16. The molecule has 0 saturated heterocycles. The highest BCUT2D eigenvalue weighted by Crippen LogP contribution is 2.31. The van der Waals surface area contributed by atoms with Crippen LogP contribution in [-0.2, 0) is 15.8 Å². The quantitative estimate of drug-likeness (QED) is 0.634. The molecule has 0 unspecified atom stereocenters. The summed E-state index contributed by atoms with van der Waals surface area (Å²) in [5.74, 6) is -2.28. The van der Waals surface area contributed by atoms with Gasteiger partial charge < -0.3 is 0 Å². The Morgan fingerprint density at radius 3 is 2.32 bits per heavy atom. The van der Waals surface area contributed by atoms with Crippen LogP contribution in [0.4, 0.5) is 13.2 Å². The molecule has 0 bridgehead atoms. The van der Waals surface area contributed by atoms with Crippen molar-refractivity contribution in [3.63, 3.8) is 0 Å². The van der Waals surface area contributed by atoms with Gasteiger partial charge in [0.15, 0.2) is 5.78 Å². The largest absolute Gasteiger partial charge is 0.416 e.